The standard InChI is InChI=1S/C15H16N2O2/c1-9(2)11-4-6-12(7-5-11)14-16-10(3)8-13(17-14)15(18)19/h4-9H,1-3H3,(H,18,19). The Morgan fingerprint density at radius 2 is 1.79 bits per heavy atom. The molecule has 0 aliphatic carbocycles. The topological polar surface area (TPSA) is 63.1 Å². The Morgan fingerprint density at radius 1 is 1.16 bits per heavy atom. The monoisotopic (exact) mass is 256 g/mol. The maximum absolute atomic E-state index is 11.0. The second kappa shape index (κ2) is 5.18. The van der Waals surface area contributed by atoms with Gasteiger partial charge in [-0.1, -0.05) is 38.1 Å². The molecule has 0 fully saturated rings. The minimum Gasteiger partial charge on any atom is -0.477 e. The SMILES string of the molecule is Cc1cc(C(=O)O)nc(-c2ccc(C(C)C)cc2)n1. The van der Waals surface area contributed by atoms with Gasteiger partial charge in [0, 0.05) is 11.3 Å². The van der Waals surface area contributed by atoms with Crippen molar-refractivity contribution in [3.05, 3.63) is 47.3 Å². The molecule has 0 amide bonds. The van der Waals surface area contributed by atoms with Crippen LogP contribution >= 0.6 is 0 Å². The lowest BCUT2D eigenvalue weighted by molar-refractivity contribution is 0.0690. The molecule has 1 N–H and O–H groups in total. The normalized spacial score (nSPS) is 10.7. The summed E-state index contributed by atoms with van der Waals surface area (Å²) in [5.74, 6) is -0.125. The Hall–Kier alpha value is -2.23. The minimum atomic E-state index is -1.04. The van der Waals surface area contributed by atoms with Crippen molar-refractivity contribution < 1.29 is 9.90 Å². The van der Waals surface area contributed by atoms with E-state index in [2.05, 4.69) is 23.8 Å². The smallest absolute Gasteiger partial charge is 0.354 e. The molecule has 0 bridgehead atoms. The van der Waals surface area contributed by atoms with E-state index in [0.29, 0.717) is 17.4 Å². The van der Waals surface area contributed by atoms with E-state index >= 15 is 0 Å². The van der Waals surface area contributed by atoms with Crippen LogP contribution in [0.15, 0.2) is 30.3 Å². The molecule has 2 aromatic rings. The van der Waals surface area contributed by atoms with E-state index in [1.165, 1.54) is 11.6 Å². The summed E-state index contributed by atoms with van der Waals surface area (Å²) in [7, 11) is 0. The lowest BCUT2D eigenvalue weighted by Gasteiger charge is -2.07. The van der Waals surface area contributed by atoms with Crippen LogP contribution in [0, 0.1) is 6.92 Å². The number of aromatic carboxylic acids is 1. The highest BCUT2D eigenvalue weighted by atomic mass is 16.4. The second-order valence-corrected chi connectivity index (χ2v) is 4.80. The van der Waals surface area contributed by atoms with E-state index in [1.807, 2.05) is 24.3 Å². The molecule has 0 unspecified atom stereocenters. The summed E-state index contributed by atoms with van der Waals surface area (Å²) in [6, 6.07) is 9.36. The van der Waals surface area contributed by atoms with Crippen molar-refractivity contribution in [1.82, 2.24) is 9.97 Å². The number of aryl methyl sites for hydroxylation is 1. The van der Waals surface area contributed by atoms with Gasteiger partial charge in [0.25, 0.3) is 0 Å². The maximum atomic E-state index is 11.0. The highest BCUT2D eigenvalue weighted by Crippen LogP contribution is 2.20. The first-order chi connectivity index (χ1) is 8.97. The zero-order valence-electron chi connectivity index (χ0n) is 11.2. The molecule has 0 radical (unpaired) electrons. The van der Waals surface area contributed by atoms with Gasteiger partial charge >= 0.3 is 5.97 Å². The number of carbonyl (C=O) groups is 1. The first-order valence-corrected chi connectivity index (χ1v) is 6.16. The van der Waals surface area contributed by atoms with Crippen LogP contribution in [0.5, 0.6) is 0 Å². The van der Waals surface area contributed by atoms with Crippen molar-refractivity contribution in [1.29, 1.82) is 0 Å². The molecule has 2 rings (SSSR count). The van der Waals surface area contributed by atoms with Gasteiger partial charge in [0.15, 0.2) is 11.5 Å². The van der Waals surface area contributed by atoms with Gasteiger partial charge in [-0.05, 0) is 24.5 Å². The van der Waals surface area contributed by atoms with E-state index in [0.717, 1.165) is 5.56 Å². The first-order valence-electron chi connectivity index (χ1n) is 6.16. The molecule has 1 aromatic carbocycles. The predicted molar refractivity (Wildman–Crippen MR) is 73.3 cm³/mol. The zero-order valence-corrected chi connectivity index (χ0v) is 11.2. The zero-order chi connectivity index (χ0) is 14.0. The van der Waals surface area contributed by atoms with Gasteiger partial charge in [-0.25, -0.2) is 14.8 Å². The highest BCUT2D eigenvalue weighted by molar-refractivity contribution is 5.86. The molecule has 4 nitrogen and oxygen atoms in total. The Bertz CT molecular complexity index is 604. The molecule has 98 valence electrons. The second-order valence-electron chi connectivity index (χ2n) is 4.80. The molecule has 4 heteroatoms. The summed E-state index contributed by atoms with van der Waals surface area (Å²) in [5.41, 5.74) is 2.73. The van der Waals surface area contributed by atoms with Crippen LogP contribution < -0.4 is 0 Å². The lowest BCUT2D eigenvalue weighted by Crippen LogP contribution is -2.04. The molecule has 0 aliphatic heterocycles. The summed E-state index contributed by atoms with van der Waals surface area (Å²) in [6.07, 6.45) is 0. The Labute approximate surface area is 112 Å². The van der Waals surface area contributed by atoms with Crippen LogP contribution in [0.4, 0.5) is 0 Å². The summed E-state index contributed by atoms with van der Waals surface area (Å²) >= 11 is 0. The highest BCUT2D eigenvalue weighted by Gasteiger charge is 2.10. The van der Waals surface area contributed by atoms with Crippen molar-refractivity contribution >= 4 is 5.97 Å². The van der Waals surface area contributed by atoms with Gasteiger partial charge in [0.1, 0.15) is 0 Å². The third-order valence-electron chi connectivity index (χ3n) is 2.91. The molecule has 1 aromatic heterocycles. The number of rotatable bonds is 3. The van der Waals surface area contributed by atoms with Gasteiger partial charge in [-0.15, -0.1) is 0 Å². The number of aromatic nitrogens is 2. The van der Waals surface area contributed by atoms with Crippen LogP contribution in [0.3, 0.4) is 0 Å². The summed E-state index contributed by atoms with van der Waals surface area (Å²) in [6.45, 7) is 6.02. The molecule has 1 heterocycles. The van der Waals surface area contributed by atoms with Crippen molar-refractivity contribution in [2.24, 2.45) is 0 Å². The number of carboxylic acids is 1. The summed E-state index contributed by atoms with van der Waals surface area (Å²) < 4.78 is 0. The minimum absolute atomic E-state index is 0.0236. The quantitative estimate of drug-likeness (QED) is 0.915. The molecule has 0 atom stereocenters. The van der Waals surface area contributed by atoms with Crippen LogP contribution in [-0.2, 0) is 0 Å². The number of carboxylic acid groups (broad SMARTS) is 1. The third kappa shape index (κ3) is 2.96. The van der Waals surface area contributed by atoms with Gasteiger partial charge in [0.2, 0.25) is 0 Å². The fraction of sp³-hybridized carbons (Fsp3) is 0.267. The number of hydrogen-bond acceptors (Lipinski definition) is 3. The molecule has 0 spiro atoms. The third-order valence-corrected chi connectivity index (χ3v) is 2.91. The van der Waals surface area contributed by atoms with Crippen LogP contribution in [-0.4, -0.2) is 21.0 Å². The van der Waals surface area contributed by atoms with Gasteiger partial charge in [0.05, 0.1) is 0 Å². The summed E-state index contributed by atoms with van der Waals surface area (Å²) in [4.78, 5) is 19.3. The molecular weight excluding hydrogens is 240 g/mol. The van der Waals surface area contributed by atoms with Crippen molar-refractivity contribution in [3.8, 4) is 11.4 Å². The van der Waals surface area contributed by atoms with E-state index < -0.39 is 5.97 Å². The maximum Gasteiger partial charge on any atom is 0.354 e. The Balaban J connectivity index is 2.43. The van der Waals surface area contributed by atoms with Crippen LogP contribution in [0.1, 0.15) is 41.5 Å². The largest absolute Gasteiger partial charge is 0.477 e. The van der Waals surface area contributed by atoms with E-state index in [4.69, 9.17) is 5.11 Å². The summed E-state index contributed by atoms with van der Waals surface area (Å²) in [5, 5.41) is 9.01. The van der Waals surface area contributed by atoms with Crippen molar-refractivity contribution in [2.75, 3.05) is 0 Å². The van der Waals surface area contributed by atoms with Crippen molar-refractivity contribution in [2.45, 2.75) is 26.7 Å². The number of nitrogens with zero attached hydrogens (tertiary/aromatic N) is 2. The van der Waals surface area contributed by atoms with E-state index in [9.17, 15) is 4.79 Å². The molecule has 0 aliphatic rings. The molecule has 0 saturated carbocycles. The first kappa shape index (κ1) is 13.2. The Kier molecular flexibility index (Phi) is 3.60. The Morgan fingerprint density at radius 3 is 2.32 bits per heavy atom. The fourth-order valence-electron chi connectivity index (χ4n) is 1.82. The van der Waals surface area contributed by atoms with E-state index in [1.54, 1.807) is 6.92 Å². The molecule has 19 heavy (non-hydrogen) atoms. The molecule has 0 saturated heterocycles. The predicted octanol–water partition coefficient (Wildman–Crippen LogP) is 3.27. The van der Waals surface area contributed by atoms with Crippen molar-refractivity contribution in [3.63, 3.8) is 0 Å². The average Bonchev–Trinajstić information content (AvgIpc) is 2.38. The van der Waals surface area contributed by atoms with Crippen LogP contribution in [0.25, 0.3) is 11.4 Å². The lowest BCUT2D eigenvalue weighted by atomic mass is 10.0. The van der Waals surface area contributed by atoms with E-state index in [-0.39, 0.29) is 5.69 Å². The van der Waals surface area contributed by atoms with Gasteiger partial charge < -0.3 is 5.11 Å². The van der Waals surface area contributed by atoms with Crippen LogP contribution in [0.2, 0.25) is 0 Å². The molecular formula is C15H16N2O2. The average molecular weight is 256 g/mol. The van der Waals surface area contributed by atoms with Gasteiger partial charge in [-0.3, -0.25) is 0 Å². The number of benzene rings is 1. The fourth-order valence-corrected chi connectivity index (χ4v) is 1.82. The number of hydrogen-bond donors (Lipinski definition) is 1. The van der Waals surface area contributed by atoms with Gasteiger partial charge in [-0.2, -0.15) is 0 Å².